The van der Waals surface area contributed by atoms with Crippen LogP contribution in [0.2, 0.25) is 0 Å². The third-order valence-electron chi connectivity index (χ3n) is 5.38. The predicted octanol–water partition coefficient (Wildman–Crippen LogP) is 2.09. The molecule has 0 amide bonds. The molecular weight excluding hydrogens is 322 g/mol. The quantitative estimate of drug-likeness (QED) is 0.855. The molecule has 0 spiro atoms. The number of hydrogen-bond acceptors (Lipinski definition) is 4. The van der Waals surface area contributed by atoms with Crippen LogP contribution < -0.4 is 0 Å². The van der Waals surface area contributed by atoms with E-state index in [1.165, 1.54) is 17.2 Å². The van der Waals surface area contributed by atoms with Gasteiger partial charge in [-0.15, -0.1) is 0 Å². The van der Waals surface area contributed by atoms with Crippen molar-refractivity contribution in [2.45, 2.75) is 25.4 Å². The third-order valence-corrected chi connectivity index (χ3v) is 6.61. The van der Waals surface area contributed by atoms with Crippen molar-refractivity contribution in [2.24, 2.45) is 5.92 Å². The standard InChI is InChI=1S/C18H23N3O2S/c1-24(22,23)21-11-14-6-7-16(13-21)20(10-14)12-15-8-9-19-18-5-3-2-4-17(15)18/h2-5,8-9,14,16H,6-7,10-13H2,1H3. The van der Waals surface area contributed by atoms with E-state index >= 15 is 0 Å². The van der Waals surface area contributed by atoms with Crippen LogP contribution in [0.5, 0.6) is 0 Å². The summed E-state index contributed by atoms with van der Waals surface area (Å²) in [5, 5.41) is 1.19. The fourth-order valence-electron chi connectivity index (χ4n) is 4.11. The summed E-state index contributed by atoms with van der Waals surface area (Å²) in [6.07, 6.45) is 5.42. The zero-order valence-corrected chi connectivity index (χ0v) is 14.7. The topological polar surface area (TPSA) is 53.5 Å². The van der Waals surface area contributed by atoms with Gasteiger partial charge in [0, 0.05) is 43.8 Å². The Morgan fingerprint density at radius 3 is 2.79 bits per heavy atom. The van der Waals surface area contributed by atoms with Crippen LogP contribution in [0.15, 0.2) is 36.5 Å². The molecule has 0 radical (unpaired) electrons. The minimum Gasteiger partial charge on any atom is -0.294 e. The molecule has 128 valence electrons. The van der Waals surface area contributed by atoms with Gasteiger partial charge in [-0.05, 0) is 36.5 Å². The Bertz CT molecular complexity index is 847. The van der Waals surface area contributed by atoms with E-state index in [2.05, 4.69) is 22.0 Å². The average molecular weight is 345 g/mol. The van der Waals surface area contributed by atoms with E-state index in [0.29, 0.717) is 25.0 Å². The molecule has 3 saturated heterocycles. The molecule has 3 aliphatic heterocycles. The van der Waals surface area contributed by atoms with Gasteiger partial charge in [0.2, 0.25) is 10.0 Å². The largest absolute Gasteiger partial charge is 0.294 e. The van der Waals surface area contributed by atoms with Crippen LogP contribution in [0.1, 0.15) is 18.4 Å². The fraction of sp³-hybridized carbons (Fsp3) is 0.500. The highest BCUT2D eigenvalue weighted by Gasteiger charge is 2.37. The Labute approximate surface area is 143 Å². The Morgan fingerprint density at radius 2 is 1.96 bits per heavy atom. The van der Waals surface area contributed by atoms with Crippen LogP contribution in [-0.4, -0.2) is 54.5 Å². The van der Waals surface area contributed by atoms with Crippen molar-refractivity contribution in [1.82, 2.24) is 14.2 Å². The maximum atomic E-state index is 12.0. The average Bonchev–Trinajstić information content (AvgIpc) is 2.87. The lowest BCUT2D eigenvalue weighted by molar-refractivity contribution is 0.126. The normalized spacial score (nSPS) is 25.9. The summed E-state index contributed by atoms with van der Waals surface area (Å²) in [5.74, 6) is 0.437. The summed E-state index contributed by atoms with van der Waals surface area (Å²) >= 11 is 0. The lowest BCUT2D eigenvalue weighted by Crippen LogP contribution is -2.43. The van der Waals surface area contributed by atoms with Crippen LogP contribution in [0.4, 0.5) is 0 Å². The van der Waals surface area contributed by atoms with E-state index in [0.717, 1.165) is 31.4 Å². The van der Waals surface area contributed by atoms with Gasteiger partial charge in [-0.1, -0.05) is 18.2 Å². The first-order valence-corrected chi connectivity index (χ1v) is 10.4. The van der Waals surface area contributed by atoms with E-state index < -0.39 is 10.0 Å². The second kappa shape index (κ2) is 6.10. The monoisotopic (exact) mass is 345 g/mol. The van der Waals surface area contributed by atoms with Crippen molar-refractivity contribution < 1.29 is 8.42 Å². The maximum Gasteiger partial charge on any atom is 0.211 e. The molecule has 1 aromatic heterocycles. The number of benzene rings is 1. The lowest BCUT2D eigenvalue weighted by Gasteiger charge is -2.36. The van der Waals surface area contributed by atoms with Crippen molar-refractivity contribution >= 4 is 20.9 Å². The number of para-hydroxylation sites is 1. The number of rotatable bonds is 3. The summed E-state index contributed by atoms with van der Waals surface area (Å²) in [7, 11) is -3.11. The Balaban J connectivity index is 1.61. The van der Waals surface area contributed by atoms with Crippen molar-refractivity contribution in [2.75, 3.05) is 25.9 Å². The molecule has 2 aromatic rings. The number of sulfonamides is 1. The Kier molecular flexibility index (Phi) is 4.06. The smallest absolute Gasteiger partial charge is 0.211 e. The molecule has 0 N–H and O–H groups in total. The number of hydrogen-bond donors (Lipinski definition) is 0. The molecule has 3 fully saturated rings. The molecule has 2 bridgehead atoms. The number of nitrogens with zero attached hydrogens (tertiary/aromatic N) is 3. The molecule has 0 saturated carbocycles. The molecule has 6 heteroatoms. The summed E-state index contributed by atoms with van der Waals surface area (Å²) in [6.45, 7) is 3.14. The van der Waals surface area contributed by atoms with Gasteiger partial charge in [-0.2, -0.15) is 0 Å². The van der Waals surface area contributed by atoms with E-state index in [9.17, 15) is 8.42 Å². The second-order valence-electron chi connectivity index (χ2n) is 7.09. The van der Waals surface area contributed by atoms with Gasteiger partial charge in [0.05, 0.1) is 11.8 Å². The van der Waals surface area contributed by atoms with Crippen molar-refractivity contribution in [3.05, 3.63) is 42.1 Å². The maximum absolute atomic E-state index is 12.0. The second-order valence-corrected chi connectivity index (χ2v) is 9.08. The molecule has 2 atom stereocenters. The van der Waals surface area contributed by atoms with Crippen molar-refractivity contribution in [3.63, 3.8) is 0 Å². The van der Waals surface area contributed by atoms with Crippen LogP contribution in [0.25, 0.3) is 10.9 Å². The Morgan fingerprint density at radius 1 is 1.12 bits per heavy atom. The van der Waals surface area contributed by atoms with Gasteiger partial charge in [-0.3, -0.25) is 9.88 Å². The van der Waals surface area contributed by atoms with Gasteiger partial charge < -0.3 is 0 Å². The summed E-state index contributed by atoms with van der Waals surface area (Å²) in [6, 6.07) is 10.6. The first-order valence-electron chi connectivity index (χ1n) is 8.52. The third kappa shape index (κ3) is 3.06. The molecule has 24 heavy (non-hydrogen) atoms. The van der Waals surface area contributed by atoms with Crippen molar-refractivity contribution in [3.8, 4) is 0 Å². The minimum atomic E-state index is -3.11. The van der Waals surface area contributed by atoms with Gasteiger partial charge in [0.15, 0.2) is 0 Å². The van der Waals surface area contributed by atoms with Crippen LogP contribution in [0.3, 0.4) is 0 Å². The van der Waals surface area contributed by atoms with Crippen molar-refractivity contribution in [1.29, 1.82) is 0 Å². The highest BCUT2D eigenvalue weighted by Crippen LogP contribution is 2.31. The summed E-state index contributed by atoms with van der Waals surface area (Å²) < 4.78 is 25.7. The first kappa shape index (κ1) is 16.0. The van der Waals surface area contributed by atoms with E-state index in [-0.39, 0.29) is 0 Å². The molecule has 2 unspecified atom stereocenters. The zero-order chi connectivity index (χ0) is 16.7. The van der Waals surface area contributed by atoms with Gasteiger partial charge in [-0.25, -0.2) is 12.7 Å². The van der Waals surface area contributed by atoms with E-state index in [1.54, 1.807) is 4.31 Å². The fourth-order valence-corrected chi connectivity index (χ4v) is 5.04. The first-order chi connectivity index (χ1) is 11.5. The molecule has 0 aliphatic carbocycles. The van der Waals surface area contributed by atoms with Gasteiger partial charge in [0.1, 0.15) is 0 Å². The van der Waals surface area contributed by atoms with Gasteiger partial charge >= 0.3 is 0 Å². The van der Waals surface area contributed by atoms with Crippen LogP contribution in [0, 0.1) is 5.92 Å². The van der Waals surface area contributed by atoms with Crippen LogP contribution in [-0.2, 0) is 16.6 Å². The molecule has 1 aromatic carbocycles. The zero-order valence-electron chi connectivity index (χ0n) is 13.9. The highest BCUT2D eigenvalue weighted by atomic mass is 32.2. The highest BCUT2D eigenvalue weighted by molar-refractivity contribution is 7.88. The lowest BCUT2D eigenvalue weighted by atomic mass is 9.94. The minimum absolute atomic E-state index is 0.311. The molecule has 4 heterocycles. The molecule has 5 nitrogen and oxygen atoms in total. The van der Waals surface area contributed by atoms with Crippen LogP contribution >= 0.6 is 0 Å². The summed E-state index contributed by atoms with van der Waals surface area (Å²) in [5.41, 5.74) is 2.30. The van der Waals surface area contributed by atoms with Gasteiger partial charge in [0.25, 0.3) is 0 Å². The number of fused-ring (bicyclic) bond motifs is 5. The number of pyridine rings is 1. The molecule has 3 aliphatic rings. The number of aromatic nitrogens is 1. The Hall–Kier alpha value is -1.50. The predicted molar refractivity (Wildman–Crippen MR) is 95.1 cm³/mol. The molecular formula is C18H23N3O2S. The van der Waals surface area contributed by atoms with E-state index in [4.69, 9.17) is 0 Å². The number of piperidine rings is 1. The van der Waals surface area contributed by atoms with E-state index in [1.807, 2.05) is 24.4 Å². The molecule has 5 rings (SSSR count). The SMILES string of the molecule is CS(=O)(=O)N1CC2CCC(C1)N(Cc1ccnc3ccccc13)C2. The summed E-state index contributed by atoms with van der Waals surface area (Å²) in [4.78, 5) is 6.91.